The molecule has 3 aromatic carbocycles. The summed E-state index contributed by atoms with van der Waals surface area (Å²) in [6.07, 6.45) is 0. The Hall–Kier alpha value is -3.31. The van der Waals surface area contributed by atoms with Gasteiger partial charge in [-0.1, -0.05) is 48.5 Å². The summed E-state index contributed by atoms with van der Waals surface area (Å²) >= 11 is 0. The van der Waals surface area contributed by atoms with Crippen LogP contribution in [-0.2, 0) is 4.79 Å². The second-order valence-electron chi connectivity index (χ2n) is 7.61. The number of hydrogen-bond acceptors (Lipinski definition) is 3. The molecule has 0 atom stereocenters. The summed E-state index contributed by atoms with van der Waals surface area (Å²) in [5, 5.41) is 3.04. The van der Waals surface area contributed by atoms with E-state index in [9.17, 15) is 4.79 Å². The molecular formula is C25H28N3O2+. The Morgan fingerprint density at radius 3 is 2.33 bits per heavy atom. The summed E-state index contributed by atoms with van der Waals surface area (Å²) in [7, 11) is 1.69. The van der Waals surface area contributed by atoms with Gasteiger partial charge >= 0.3 is 0 Å². The first-order valence-corrected chi connectivity index (χ1v) is 10.4. The molecule has 1 heterocycles. The zero-order valence-corrected chi connectivity index (χ0v) is 17.3. The fraction of sp³-hybridized carbons (Fsp3) is 0.240. The number of quaternary nitrogens is 1. The van der Waals surface area contributed by atoms with Gasteiger partial charge in [0.1, 0.15) is 5.75 Å². The van der Waals surface area contributed by atoms with E-state index in [1.165, 1.54) is 16.2 Å². The molecule has 0 spiro atoms. The summed E-state index contributed by atoms with van der Waals surface area (Å²) in [6.45, 7) is 4.24. The number of amides is 1. The molecule has 0 aromatic heterocycles. The Labute approximate surface area is 177 Å². The van der Waals surface area contributed by atoms with Gasteiger partial charge in [-0.2, -0.15) is 0 Å². The highest BCUT2D eigenvalue weighted by atomic mass is 16.5. The van der Waals surface area contributed by atoms with E-state index in [4.69, 9.17) is 4.74 Å². The summed E-state index contributed by atoms with van der Waals surface area (Å²) in [5.41, 5.74) is 4.34. The van der Waals surface area contributed by atoms with Gasteiger partial charge in [-0.15, -0.1) is 0 Å². The van der Waals surface area contributed by atoms with Crippen LogP contribution in [0.5, 0.6) is 5.75 Å². The lowest BCUT2D eigenvalue weighted by molar-refractivity contribution is -0.892. The van der Waals surface area contributed by atoms with Crippen molar-refractivity contribution in [3.05, 3.63) is 78.9 Å². The normalized spacial score (nSPS) is 14.4. The fourth-order valence-electron chi connectivity index (χ4n) is 3.87. The quantitative estimate of drug-likeness (QED) is 0.667. The summed E-state index contributed by atoms with van der Waals surface area (Å²) in [6, 6.07) is 26.4. The van der Waals surface area contributed by atoms with E-state index in [1.807, 2.05) is 54.6 Å². The van der Waals surface area contributed by atoms with Crippen LogP contribution >= 0.6 is 0 Å². The number of nitrogens with one attached hydrogen (secondary N) is 2. The number of rotatable bonds is 6. The van der Waals surface area contributed by atoms with E-state index >= 15 is 0 Å². The first kappa shape index (κ1) is 20.0. The average Bonchev–Trinajstić information content (AvgIpc) is 2.80. The fourth-order valence-corrected chi connectivity index (χ4v) is 3.87. The third-order valence-corrected chi connectivity index (χ3v) is 5.58. The molecular weight excluding hydrogens is 374 g/mol. The van der Waals surface area contributed by atoms with E-state index in [1.54, 1.807) is 7.11 Å². The molecule has 5 nitrogen and oxygen atoms in total. The first-order chi connectivity index (χ1) is 14.7. The molecule has 4 rings (SSSR count). The maximum atomic E-state index is 12.5. The zero-order valence-electron chi connectivity index (χ0n) is 17.3. The second-order valence-corrected chi connectivity index (χ2v) is 7.61. The van der Waals surface area contributed by atoms with Crippen molar-refractivity contribution in [3.63, 3.8) is 0 Å². The number of carbonyl (C=O) groups excluding carboxylic acids is 1. The van der Waals surface area contributed by atoms with Gasteiger partial charge in [0, 0.05) is 17.4 Å². The highest BCUT2D eigenvalue weighted by Gasteiger charge is 2.22. The summed E-state index contributed by atoms with van der Waals surface area (Å²) in [5.74, 6) is 0.937. The van der Waals surface area contributed by atoms with Gasteiger partial charge in [0.05, 0.1) is 33.3 Å². The average molecular weight is 403 g/mol. The van der Waals surface area contributed by atoms with Crippen LogP contribution in [0.2, 0.25) is 0 Å². The number of ether oxygens (including phenoxy) is 1. The molecule has 5 heteroatoms. The van der Waals surface area contributed by atoms with Gasteiger partial charge in [-0.05, 0) is 35.4 Å². The van der Waals surface area contributed by atoms with Crippen LogP contribution in [0.15, 0.2) is 78.9 Å². The van der Waals surface area contributed by atoms with Crippen molar-refractivity contribution in [2.45, 2.75) is 0 Å². The Balaban J connectivity index is 1.27. The lowest BCUT2D eigenvalue weighted by Gasteiger charge is -2.33. The minimum Gasteiger partial charge on any atom is -0.497 e. The third-order valence-electron chi connectivity index (χ3n) is 5.58. The minimum atomic E-state index is 0.0623. The van der Waals surface area contributed by atoms with Crippen LogP contribution < -0.4 is 19.9 Å². The predicted molar refractivity (Wildman–Crippen MR) is 121 cm³/mol. The molecule has 0 unspecified atom stereocenters. The van der Waals surface area contributed by atoms with E-state index in [0.29, 0.717) is 6.54 Å². The van der Waals surface area contributed by atoms with Crippen molar-refractivity contribution in [2.24, 2.45) is 0 Å². The maximum Gasteiger partial charge on any atom is 0.279 e. The van der Waals surface area contributed by atoms with Crippen LogP contribution in [0.25, 0.3) is 11.1 Å². The molecule has 0 bridgehead atoms. The molecule has 0 radical (unpaired) electrons. The number of methoxy groups -OCH3 is 1. The third kappa shape index (κ3) is 4.99. The maximum absolute atomic E-state index is 12.5. The lowest BCUT2D eigenvalue weighted by atomic mass is 10.1. The van der Waals surface area contributed by atoms with Crippen molar-refractivity contribution in [1.29, 1.82) is 0 Å². The van der Waals surface area contributed by atoms with Crippen molar-refractivity contribution >= 4 is 17.3 Å². The number of carbonyl (C=O) groups is 1. The van der Waals surface area contributed by atoms with E-state index in [2.05, 4.69) is 34.5 Å². The van der Waals surface area contributed by atoms with Gasteiger partial charge < -0.3 is 19.9 Å². The van der Waals surface area contributed by atoms with Gasteiger partial charge in [0.2, 0.25) is 0 Å². The zero-order chi connectivity index (χ0) is 20.8. The number of benzene rings is 3. The Morgan fingerprint density at radius 2 is 1.63 bits per heavy atom. The number of piperazine rings is 1. The monoisotopic (exact) mass is 402 g/mol. The minimum absolute atomic E-state index is 0.0623. The highest BCUT2D eigenvalue weighted by Crippen LogP contribution is 2.21. The smallest absolute Gasteiger partial charge is 0.279 e. The number of nitrogens with zero attached hydrogens (tertiary/aromatic N) is 1. The second kappa shape index (κ2) is 9.46. The van der Waals surface area contributed by atoms with Gasteiger partial charge in [-0.3, -0.25) is 4.79 Å². The van der Waals surface area contributed by atoms with Crippen LogP contribution in [0.4, 0.5) is 11.4 Å². The van der Waals surface area contributed by atoms with Gasteiger partial charge in [-0.25, -0.2) is 0 Å². The van der Waals surface area contributed by atoms with Crippen LogP contribution in [0.1, 0.15) is 0 Å². The van der Waals surface area contributed by atoms with Gasteiger partial charge in [0.15, 0.2) is 6.54 Å². The van der Waals surface area contributed by atoms with Crippen LogP contribution in [-0.4, -0.2) is 45.7 Å². The largest absolute Gasteiger partial charge is 0.497 e. The molecule has 3 aromatic rings. The number of hydrogen-bond donors (Lipinski definition) is 2. The summed E-state index contributed by atoms with van der Waals surface area (Å²) < 4.78 is 5.32. The number of anilines is 2. The molecule has 1 aliphatic rings. The van der Waals surface area contributed by atoms with Crippen molar-refractivity contribution in [2.75, 3.05) is 50.1 Å². The molecule has 1 aliphatic heterocycles. The van der Waals surface area contributed by atoms with E-state index in [-0.39, 0.29) is 5.91 Å². The lowest BCUT2D eigenvalue weighted by Crippen LogP contribution is -3.15. The Bertz CT molecular complexity index is 965. The van der Waals surface area contributed by atoms with Crippen LogP contribution in [0.3, 0.4) is 0 Å². The van der Waals surface area contributed by atoms with Gasteiger partial charge in [0.25, 0.3) is 5.91 Å². The van der Waals surface area contributed by atoms with Crippen LogP contribution in [0, 0.1) is 0 Å². The van der Waals surface area contributed by atoms with E-state index < -0.39 is 0 Å². The molecule has 1 amide bonds. The molecule has 1 saturated heterocycles. The Kier molecular flexibility index (Phi) is 6.30. The standard InChI is InChI=1S/C25H27N3O2/c1-30-24-9-5-8-23(18-24)28-16-14-27(15-17-28)19-25(29)26-22-12-10-21(11-13-22)20-6-3-2-4-7-20/h2-13,18H,14-17,19H2,1H3,(H,26,29)/p+1. The predicted octanol–water partition coefficient (Wildman–Crippen LogP) is 2.71. The molecule has 2 N–H and O–H groups in total. The SMILES string of the molecule is COc1cccc(N2CC[NH+](CC(=O)Nc3ccc(-c4ccccc4)cc3)CC2)c1. The molecule has 0 aliphatic carbocycles. The molecule has 154 valence electrons. The topological polar surface area (TPSA) is 46.0 Å². The molecule has 1 fully saturated rings. The molecule has 30 heavy (non-hydrogen) atoms. The highest BCUT2D eigenvalue weighted by molar-refractivity contribution is 5.91. The Morgan fingerprint density at radius 1 is 0.933 bits per heavy atom. The summed E-state index contributed by atoms with van der Waals surface area (Å²) in [4.78, 5) is 16.2. The first-order valence-electron chi connectivity index (χ1n) is 10.4. The van der Waals surface area contributed by atoms with E-state index in [0.717, 1.165) is 43.2 Å². The van der Waals surface area contributed by atoms with Crippen molar-refractivity contribution in [1.82, 2.24) is 0 Å². The molecule has 0 saturated carbocycles. The van der Waals surface area contributed by atoms with Crippen molar-refractivity contribution in [3.8, 4) is 16.9 Å². The van der Waals surface area contributed by atoms with Crippen molar-refractivity contribution < 1.29 is 14.4 Å².